The highest BCUT2D eigenvalue weighted by Gasteiger charge is 2.40. The van der Waals surface area contributed by atoms with Crippen molar-refractivity contribution in [2.24, 2.45) is 11.8 Å². The van der Waals surface area contributed by atoms with Crippen molar-refractivity contribution in [2.75, 3.05) is 0 Å². The van der Waals surface area contributed by atoms with E-state index < -0.39 is 5.60 Å². The van der Waals surface area contributed by atoms with Crippen LogP contribution in [0.5, 0.6) is 5.75 Å². The average molecular weight is 276 g/mol. The molecule has 3 heteroatoms. The van der Waals surface area contributed by atoms with Gasteiger partial charge in [-0.15, -0.1) is 0 Å². The lowest BCUT2D eigenvalue weighted by atomic mass is 9.83. The summed E-state index contributed by atoms with van der Waals surface area (Å²) in [4.78, 5) is 12.3. The van der Waals surface area contributed by atoms with Gasteiger partial charge in [0, 0.05) is 0 Å². The second-order valence-electron chi connectivity index (χ2n) is 6.78. The van der Waals surface area contributed by atoms with Crippen molar-refractivity contribution in [1.82, 2.24) is 0 Å². The summed E-state index contributed by atoms with van der Waals surface area (Å²) in [6.07, 6.45) is 2.29. The van der Waals surface area contributed by atoms with Gasteiger partial charge in [0.25, 0.3) is 0 Å². The maximum atomic E-state index is 12.3. The number of esters is 1. The van der Waals surface area contributed by atoms with Crippen LogP contribution in [0.3, 0.4) is 0 Å². The average Bonchev–Trinajstić information content (AvgIpc) is 3.11. The Morgan fingerprint density at radius 3 is 2.50 bits per heavy atom. The molecule has 0 aromatic heterocycles. The van der Waals surface area contributed by atoms with Crippen LogP contribution in [0.1, 0.15) is 52.0 Å². The van der Waals surface area contributed by atoms with Crippen LogP contribution in [-0.2, 0) is 9.53 Å². The smallest absolute Gasteiger partial charge is 0.309 e. The number of carbonyl (C=O) groups excluding carboxylic acids is 1. The molecule has 0 bridgehead atoms. The van der Waals surface area contributed by atoms with E-state index in [1.54, 1.807) is 12.1 Å². The number of rotatable bonds is 4. The highest BCUT2D eigenvalue weighted by molar-refractivity contribution is 5.74. The summed E-state index contributed by atoms with van der Waals surface area (Å²) >= 11 is 0. The highest BCUT2D eigenvalue weighted by Crippen LogP contribution is 2.47. The molecule has 2 rings (SSSR count). The zero-order valence-corrected chi connectivity index (χ0v) is 12.7. The van der Waals surface area contributed by atoms with Crippen molar-refractivity contribution in [3.8, 4) is 5.75 Å². The van der Waals surface area contributed by atoms with Gasteiger partial charge in [-0.3, -0.25) is 4.79 Å². The molecule has 2 atom stereocenters. The molecule has 0 aliphatic heterocycles. The highest BCUT2D eigenvalue weighted by atomic mass is 16.6. The molecule has 1 aromatic carbocycles. The molecule has 1 fully saturated rings. The van der Waals surface area contributed by atoms with Gasteiger partial charge < -0.3 is 9.84 Å². The number of benzene rings is 1. The molecule has 1 aliphatic rings. The largest absolute Gasteiger partial charge is 0.508 e. The molecule has 1 aliphatic carbocycles. The van der Waals surface area contributed by atoms with E-state index in [9.17, 15) is 9.90 Å². The quantitative estimate of drug-likeness (QED) is 0.849. The van der Waals surface area contributed by atoms with Gasteiger partial charge in [0.15, 0.2) is 0 Å². The van der Waals surface area contributed by atoms with E-state index in [1.165, 1.54) is 0 Å². The number of ether oxygens (including phenoxy) is 1. The lowest BCUT2D eigenvalue weighted by Crippen LogP contribution is -2.31. The van der Waals surface area contributed by atoms with Gasteiger partial charge in [0.2, 0.25) is 0 Å². The Morgan fingerprint density at radius 1 is 1.35 bits per heavy atom. The van der Waals surface area contributed by atoms with Crippen molar-refractivity contribution in [3.05, 3.63) is 29.8 Å². The molecule has 3 nitrogen and oxygen atoms in total. The third-order valence-electron chi connectivity index (χ3n) is 3.70. The number of carbonyl (C=O) groups is 1. The van der Waals surface area contributed by atoms with E-state index in [1.807, 2.05) is 39.8 Å². The summed E-state index contributed by atoms with van der Waals surface area (Å²) in [5, 5.41) is 9.65. The van der Waals surface area contributed by atoms with Crippen LogP contribution < -0.4 is 0 Å². The summed E-state index contributed by atoms with van der Waals surface area (Å²) in [6, 6.07) is 7.25. The first kappa shape index (κ1) is 14.9. The Labute approximate surface area is 121 Å². The Balaban J connectivity index is 2.19. The first-order chi connectivity index (χ1) is 9.28. The first-order valence-corrected chi connectivity index (χ1v) is 7.30. The second kappa shape index (κ2) is 5.47. The molecular formula is C17H24O3. The SMILES string of the molecule is CC(C(=O)OC(C)(C)C)C(c1cccc(O)c1)C1CC1. The fourth-order valence-electron chi connectivity index (χ4n) is 2.70. The van der Waals surface area contributed by atoms with Crippen molar-refractivity contribution < 1.29 is 14.6 Å². The third kappa shape index (κ3) is 3.75. The lowest BCUT2D eigenvalue weighted by Gasteiger charge is -2.27. The minimum Gasteiger partial charge on any atom is -0.508 e. The Bertz CT molecular complexity index is 483. The Kier molecular flexibility index (Phi) is 4.07. The minimum atomic E-state index is -0.460. The third-order valence-corrected chi connectivity index (χ3v) is 3.70. The monoisotopic (exact) mass is 276 g/mol. The van der Waals surface area contributed by atoms with Crippen LogP contribution in [0, 0.1) is 11.8 Å². The van der Waals surface area contributed by atoms with Crippen LogP contribution in [-0.4, -0.2) is 16.7 Å². The van der Waals surface area contributed by atoms with Gasteiger partial charge in [-0.1, -0.05) is 19.1 Å². The van der Waals surface area contributed by atoms with Crippen molar-refractivity contribution in [2.45, 2.75) is 52.1 Å². The normalized spacial score (nSPS) is 18.4. The standard InChI is InChI=1S/C17H24O3/c1-11(16(19)20-17(2,3)4)15(12-8-9-12)13-6-5-7-14(18)10-13/h5-7,10-12,15,18H,8-9H2,1-4H3. The number of aromatic hydroxyl groups is 1. The number of hydrogen-bond acceptors (Lipinski definition) is 3. The topological polar surface area (TPSA) is 46.5 Å². The molecular weight excluding hydrogens is 252 g/mol. The van der Waals surface area contributed by atoms with Gasteiger partial charge in [0.1, 0.15) is 11.4 Å². The van der Waals surface area contributed by atoms with E-state index in [-0.39, 0.29) is 23.6 Å². The van der Waals surface area contributed by atoms with Crippen molar-refractivity contribution >= 4 is 5.97 Å². The maximum Gasteiger partial charge on any atom is 0.309 e. The molecule has 1 aromatic rings. The van der Waals surface area contributed by atoms with E-state index in [0.29, 0.717) is 5.92 Å². The summed E-state index contributed by atoms with van der Waals surface area (Å²) in [6.45, 7) is 7.59. The fraction of sp³-hybridized carbons (Fsp3) is 0.588. The minimum absolute atomic E-state index is 0.136. The van der Waals surface area contributed by atoms with Crippen molar-refractivity contribution in [1.29, 1.82) is 0 Å². The van der Waals surface area contributed by atoms with Crippen LogP contribution >= 0.6 is 0 Å². The lowest BCUT2D eigenvalue weighted by molar-refractivity contribution is -0.160. The van der Waals surface area contributed by atoms with Crippen LogP contribution in [0.4, 0.5) is 0 Å². The van der Waals surface area contributed by atoms with Crippen molar-refractivity contribution in [3.63, 3.8) is 0 Å². The Hall–Kier alpha value is -1.51. The molecule has 1 saturated carbocycles. The molecule has 1 N–H and O–H groups in total. The zero-order chi connectivity index (χ0) is 14.9. The van der Waals surface area contributed by atoms with Crippen LogP contribution in [0.15, 0.2) is 24.3 Å². The summed E-state index contributed by atoms with van der Waals surface area (Å²) in [7, 11) is 0. The number of phenolic OH excluding ortho intramolecular Hbond substituents is 1. The van der Waals surface area contributed by atoms with E-state index in [0.717, 1.165) is 18.4 Å². The number of phenols is 1. The molecule has 20 heavy (non-hydrogen) atoms. The molecule has 0 amide bonds. The molecule has 110 valence electrons. The molecule has 0 heterocycles. The summed E-state index contributed by atoms with van der Waals surface area (Å²) in [5.41, 5.74) is 0.573. The van der Waals surface area contributed by atoms with E-state index >= 15 is 0 Å². The molecule has 0 radical (unpaired) electrons. The zero-order valence-electron chi connectivity index (χ0n) is 12.7. The molecule has 0 spiro atoms. The second-order valence-corrected chi connectivity index (χ2v) is 6.78. The van der Waals surface area contributed by atoms with Gasteiger partial charge in [0.05, 0.1) is 5.92 Å². The predicted octanol–water partition coefficient (Wildman–Crippen LogP) is 3.86. The molecule has 0 saturated heterocycles. The Morgan fingerprint density at radius 2 is 2.00 bits per heavy atom. The van der Waals surface area contributed by atoms with Gasteiger partial charge in [-0.25, -0.2) is 0 Å². The first-order valence-electron chi connectivity index (χ1n) is 7.30. The summed E-state index contributed by atoms with van der Waals surface area (Å²) < 4.78 is 5.51. The van der Waals surface area contributed by atoms with Gasteiger partial charge >= 0.3 is 5.97 Å². The fourth-order valence-corrected chi connectivity index (χ4v) is 2.70. The number of hydrogen-bond donors (Lipinski definition) is 1. The van der Waals surface area contributed by atoms with E-state index in [2.05, 4.69) is 0 Å². The van der Waals surface area contributed by atoms with Crippen LogP contribution in [0.25, 0.3) is 0 Å². The predicted molar refractivity (Wildman–Crippen MR) is 78.6 cm³/mol. The van der Waals surface area contributed by atoms with E-state index in [4.69, 9.17) is 4.74 Å². The maximum absolute atomic E-state index is 12.3. The molecule has 2 unspecified atom stereocenters. The summed E-state index contributed by atoms with van der Waals surface area (Å²) in [5.74, 6) is 0.571. The van der Waals surface area contributed by atoms with Crippen LogP contribution in [0.2, 0.25) is 0 Å². The van der Waals surface area contributed by atoms with Gasteiger partial charge in [-0.2, -0.15) is 0 Å². The van der Waals surface area contributed by atoms with Gasteiger partial charge in [-0.05, 0) is 63.1 Å².